The number of fused-ring (bicyclic) bond motifs is 1. The molecule has 2 saturated carbocycles. The fourth-order valence-corrected chi connectivity index (χ4v) is 5.57. The molecule has 5 heteroatoms. The number of aryl methyl sites for hydroxylation is 2. The van der Waals surface area contributed by atoms with E-state index in [0.29, 0.717) is 11.8 Å². The van der Waals surface area contributed by atoms with Gasteiger partial charge in [0, 0.05) is 10.2 Å². The van der Waals surface area contributed by atoms with Crippen LogP contribution in [0, 0.1) is 49.4 Å². The van der Waals surface area contributed by atoms with Crippen LogP contribution < -0.4 is 5.32 Å². The summed E-state index contributed by atoms with van der Waals surface area (Å²) in [5.74, 6) is -1.01. The number of rotatable bonds is 3. The molecule has 0 spiro atoms. The van der Waals surface area contributed by atoms with Crippen LogP contribution in [0.3, 0.4) is 0 Å². The molecule has 5 rings (SSSR count). The van der Waals surface area contributed by atoms with Gasteiger partial charge in [0.05, 0.1) is 11.8 Å². The molecule has 0 aromatic heterocycles. The fraction of sp³-hybridized carbons (Fsp3) is 0.474. The molecule has 0 radical (unpaired) electrons. The SMILES string of the molecule is Cc1cc(Br)cc(C)c1NC(=O)[C@@H]1[C@H]2C=C[C@H]([C@H]3C[C@H]23)[C@@H]1C(=O)O. The Morgan fingerprint density at radius 3 is 2.17 bits per heavy atom. The second kappa shape index (κ2) is 5.45. The van der Waals surface area contributed by atoms with Crippen LogP contribution in [0.1, 0.15) is 17.5 Å². The number of carbonyl (C=O) groups is 2. The zero-order valence-electron chi connectivity index (χ0n) is 13.6. The van der Waals surface area contributed by atoms with Crippen molar-refractivity contribution in [3.05, 3.63) is 39.9 Å². The molecule has 0 heterocycles. The van der Waals surface area contributed by atoms with E-state index in [0.717, 1.165) is 27.7 Å². The molecule has 0 unspecified atom stereocenters. The van der Waals surface area contributed by atoms with Crippen LogP contribution in [0.15, 0.2) is 28.8 Å². The van der Waals surface area contributed by atoms with E-state index in [9.17, 15) is 14.7 Å². The highest BCUT2D eigenvalue weighted by molar-refractivity contribution is 9.10. The molecule has 4 aliphatic rings. The smallest absolute Gasteiger partial charge is 0.307 e. The van der Waals surface area contributed by atoms with Crippen molar-refractivity contribution in [2.45, 2.75) is 20.3 Å². The Hall–Kier alpha value is -1.62. The Kier molecular flexibility index (Phi) is 3.60. The number of aliphatic carboxylic acids is 1. The first-order valence-electron chi connectivity index (χ1n) is 8.37. The van der Waals surface area contributed by atoms with Crippen LogP contribution in [0.4, 0.5) is 5.69 Å². The van der Waals surface area contributed by atoms with Gasteiger partial charge in [-0.15, -0.1) is 0 Å². The fourth-order valence-electron chi connectivity index (χ4n) is 4.88. The summed E-state index contributed by atoms with van der Waals surface area (Å²) in [4.78, 5) is 24.8. The van der Waals surface area contributed by atoms with Gasteiger partial charge in [-0.05, 0) is 67.2 Å². The summed E-state index contributed by atoms with van der Waals surface area (Å²) in [6, 6.07) is 3.92. The molecular formula is C19H20BrNO3. The lowest BCUT2D eigenvalue weighted by Gasteiger charge is -2.41. The van der Waals surface area contributed by atoms with Crippen LogP contribution in [0.2, 0.25) is 0 Å². The van der Waals surface area contributed by atoms with E-state index in [1.54, 1.807) is 0 Å². The summed E-state index contributed by atoms with van der Waals surface area (Å²) in [6.07, 6.45) is 5.19. The lowest BCUT2D eigenvalue weighted by Crippen LogP contribution is -2.48. The van der Waals surface area contributed by atoms with E-state index >= 15 is 0 Å². The summed E-state index contributed by atoms with van der Waals surface area (Å²) in [5, 5.41) is 12.7. The number of anilines is 1. The Bertz CT molecular complexity index is 749. The number of carboxylic acid groups (broad SMARTS) is 1. The number of benzene rings is 1. The summed E-state index contributed by atoms with van der Waals surface area (Å²) in [6.45, 7) is 3.90. The minimum absolute atomic E-state index is 0.0142. The maximum absolute atomic E-state index is 13.0. The average Bonchev–Trinajstić information content (AvgIpc) is 3.31. The topological polar surface area (TPSA) is 66.4 Å². The largest absolute Gasteiger partial charge is 0.481 e. The molecule has 1 aromatic rings. The second-order valence-corrected chi connectivity index (χ2v) is 8.31. The van der Waals surface area contributed by atoms with Crippen molar-refractivity contribution >= 4 is 33.5 Å². The van der Waals surface area contributed by atoms with E-state index in [4.69, 9.17) is 0 Å². The average molecular weight is 390 g/mol. The first kappa shape index (κ1) is 15.9. The number of allylic oxidation sites excluding steroid dienone is 2. The molecule has 6 atom stereocenters. The first-order valence-corrected chi connectivity index (χ1v) is 9.16. The van der Waals surface area contributed by atoms with Gasteiger partial charge < -0.3 is 10.4 Å². The number of nitrogens with one attached hydrogen (secondary N) is 1. The second-order valence-electron chi connectivity index (χ2n) is 7.40. The van der Waals surface area contributed by atoms with Crippen LogP contribution in [0.25, 0.3) is 0 Å². The summed E-state index contributed by atoms with van der Waals surface area (Å²) >= 11 is 3.46. The summed E-state index contributed by atoms with van der Waals surface area (Å²) < 4.78 is 0.972. The Labute approximate surface area is 149 Å². The van der Waals surface area contributed by atoms with Gasteiger partial charge in [0.25, 0.3) is 0 Å². The predicted octanol–water partition coefficient (Wildman–Crippen LogP) is 3.77. The van der Waals surface area contributed by atoms with Crippen LogP contribution in [-0.4, -0.2) is 17.0 Å². The normalized spacial score (nSPS) is 35.5. The van der Waals surface area contributed by atoms with Crippen molar-refractivity contribution in [1.82, 2.24) is 0 Å². The van der Waals surface area contributed by atoms with Crippen LogP contribution in [-0.2, 0) is 9.59 Å². The lowest BCUT2D eigenvalue weighted by molar-refractivity contribution is -0.152. The molecule has 4 nitrogen and oxygen atoms in total. The van der Waals surface area contributed by atoms with Gasteiger partial charge in [-0.2, -0.15) is 0 Å². The molecule has 24 heavy (non-hydrogen) atoms. The van der Waals surface area contributed by atoms with Gasteiger partial charge in [0.2, 0.25) is 5.91 Å². The summed E-state index contributed by atoms with van der Waals surface area (Å²) in [5.41, 5.74) is 2.75. The first-order chi connectivity index (χ1) is 11.4. The van der Waals surface area contributed by atoms with Crippen molar-refractivity contribution in [3.63, 3.8) is 0 Å². The number of carbonyl (C=O) groups excluding carboxylic acids is 1. The van der Waals surface area contributed by atoms with E-state index in [-0.39, 0.29) is 17.7 Å². The van der Waals surface area contributed by atoms with Crippen molar-refractivity contribution in [2.24, 2.45) is 35.5 Å². The molecule has 2 N–H and O–H groups in total. The third-order valence-electron chi connectivity index (χ3n) is 5.99. The highest BCUT2D eigenvalue weighted by Crippen LogP contribution is 2.63. The molecular weight excluding hydrogens is 370 g/mol. The molecule has 2 bridgehead atoms. The Morgan fingerprint density at radius 1 is 1.08 bits per heavy atom. The van der Waals surface area contributed by atoms with Crippen molar-refractivity contribution in [3.8, 4) is 0 Å². The van der Waals surface area contributed by atoms with E-state index in [1.807, 2.05) is 32.1 Å². The van der Waals surface area contributed by atoms with E-state index < -0.39 is 17.8 Å². The quantitative estimate of drug-likeness (QED) is 0.773. The highest BCUT2D eigenvalue weighted by atomic mass is 79.9. The maximum Gasteiger partial charge on any atom is 0.307 e. The zero-order chi connectivity index (χ0) is 17.2. The minimum atomic E-state index is -0.843. The van der Waals surface area contributed by atoms with Crippen molar-refractivity contribution in [2.75, 3.05) is 5.32 Å². The molecule has 1 amide bonds. The third kappa shape index (κ3) is 2.32. The highest BCUT2D eigenvalue weighted by Gasteiger charge is 2.63. The molecule has 2 fully saturated rings. The van der Waals surface area contributed by atoms with Crippen LogP contribution >= 0.6 is 15.9 Å². The minimum Gasteiger partial charge on any atom is -0.481 e. The maximum atomic E-state index is 13.0. The summed E-state index contributed by atoms with van der Waals surface area (Å²) in [7, 11) is 0. The molecule has 126 valence electrons. The van der Waals surface area contributed by atoms with E-state index in [2.05, 4.69) is 27.3 Å². The van der Waals surface area contributed by atoms with Gasteiger partial charge in [-0.3, -0.25) is 9.59 Å². The zero-order valence-corrected chi connectivity index (χ0v) is 15.2. The molecule has 1 aromatic carbocycles. The number of hydrogen-bond donors (Lipinski definition) is 2. The van der Waals surface area contributed by atoms with Crippen LogP contribution in [0.5, 0.6) is 0 Å². The third-order valence-corrected chi connectivity index (χ3v) is 6.44. The van der Waals surface area contributed by atoms with Gasteiger partial charge >= 0.3 is 5.97 Å². The number of hydrogen-bond acceptors (Lipinski definition) is 2. The molecule has 0 aliphatic heterocycles. The van der Waals surface area contributed by atoms with Crippen molar-refractivity contribution in [1.29, 1.82) is 0 Å². The van der Waals surface area contributed by atoms with Gasteiger partial charge in [-0.25, -0.2) is 0 Å². The number of amides is 1. The Balaban J connectivity index is 1.65. The lowest BCUT2D eigenvalue weighted by atomic mass is 9.62. The predicted molar refractivity (Wildman–Crippen MR) is 94.6 cm³/mol. The standard InChI is InChI=1S/C19H20BrNO3/c1-8-5-10(20)6-9(2)17(8)21-18(22)15-11-3-4-12(14-7-13(11)14)16(15)19(23)24/h3-6,11-16H,7H2,1-2H3,(H,21,22)(H,23,24)/t11-,12+,13+,14+,15+,16-/m0/s1. The number of halogens is 1. The molecule has 4 aliphatic carbocycles. The molecule has 0 saturated heterocycles. The van der Waals surface area contributed by atoms with Gasteiger partial charge in [0.1, 0.15) is 0 Å². The van der Waals surface area contributed by atoms with Gasteiger partial charge in [-0.1, -0.05) is 28.1 Å². The monoisotopic (exact) mass is 389 g/mol. The number of carboxylic acids is 1. The van der Waals surface area contributed by atoms with Crippen molar-refractivity contribution < 1.29 is 14.7 Å². The van der Waals surface area contributed by atoms with E-state index in [1.165, 1.54) is 0 Å². The van der Waals surface area contributed by atoms with Gasteiger partial charge in [0.15, 0.2) is 0 Å². The Morgan fingerprint density at radius 2 is 1.62 bits per heavy atom.